The maximum Gasteiger partial charge on any atom is 0.322 e. The molecule has 4 rings (SSSR count). The molecular weight excluding hydrogens is 338 g/mol. The molecule has 0 saturated carbocycles. The molecule has 5 nitrogen and oxygen atoms in total. The Kier molecular flexibility index (Phi) is 4.75. The molecule has 27 heavy (non-hydrogen) atoms. The highest BCUT2D eigenvalue weighted by Crippen LogP contribution is 2.26. The summed E-state index contributed by atoms with van der Waals surface area (Å²) in [5.74, 6) is 0.848. The number of para-hydroxylation sites is 1. The van der Waals surface area contributed by atoms with Crippen molar-refractivity contribution in [1.82, 2.24) is 9.88 Å². The monoisotopic (exact) mass is 359 g/mol. The predicted octanol–water partition coefficient (Wildman–Crippen LogP) is 4.48. The second-order valence-corrected chi connectivity index (χ2v) is 6.55. The lowest BCUT2D eigenvalue weighted by atomic mass is 10.0. The molecule has 0 spiro atoms. The molecule has 5 heteroatoms. The van der Waals surface area contributed by atoms with E-state index in [1.165, 1.54) is 0 Å². The summed E-state index contributed by atoms with van der Waals surface area (Å²) in [6.45, 7) is 3.59. The summed E-state index contributed by atoms with van der Waals surface area (Å²) in [5.41, 5.74) is 4.79. The van der Waals surface area contributed by atoms with E-state index in [-0.39, 0.29) is 6.03 Å². The molecule has 3 aromatic rings. The van der Waals surface area contributed by atoms with Crippen molar-refractivity contribution in [2.24, 2.45) is 0 Å². The highest BCUT2D eigenvalue weighted by Gasteiger charge is 2.20. The maximum atomic E-state index is 12.8. The number of hydrogen-bond donors (Lipinski definition) is 1. The molecule has 0 fully saturated rings. The lowest BCUT2D eigenvalue weighted by molar-refractivity contribution is 0.200. The minimum atomic E-state index is -0.133. The van der Waals surface area contributed by atoms with E-state index in [9.17, 15) is 4.79 Å². The molecule has 1 N–H and O–H groups in total. The Morgan fingerprint density at radius 2 is 1.96 bits per heavy atom. The Morgan fingerprint density at radius 1 is 1.11 bits per heavy atom. The number of pyridine rings is 1. The van der Waals surface area contributed by atoms with Gasteiger partial charge in [-0.05, 0) is 42.8 Å². The van der Waals surface area contributed by atoms with Crippen molar-refractivity contribution in [2.45, 2.75) is 13.5 Å². The number of nitrogens with one attached hydrogen (secondary N) is 1. The molecule has 2 amide bonds. The number of aromatic nitrogens is 1. The van der Waals surface area contributed by atoms with Crippen molar-refractivity contribution in [2.75, 3.05) is 18.5 Å². The number of anilines is 1. The van der Waals surface area contributed by atoms with E-state index in [1.54, 1.807) is 11.1 Å². The Morgan fingerprint density at radius 3 is 2.81 bits per heavy atom. The van der Waals surface area contributed by atoms with E-state index in [1.807, 2.05) is 67.6 Å². The van der Waals surface area contributed by atoms with E-state index in [2.05, 4.69) is 10.3 Å². The fourth-order valence-electron chi connectivity index (χ4n) is 3.20. The molecule has 1 aliphatic heterocycles. The number of hydrogen-bond acceptors (Lipinski definition) is 3. The number of aryl methyl sites for hydroxylation is 1. The second-order valence-electron chi connectivity index (χ2n) is 6.55. The van der Waals surface area contributed by atoms with Crippen molar-refractivity contribution in [3.05, 3.63) is 78.0 Å². The van der Waals surface area contributed by atoms with Crippen LogP contribution >= 0.6 is 0 Å². The molecule has 0 aliphatic carbocycles. The summed E-state index contributed by atoms with van der Waals surface area (Å²) in [6.07, 6.45) is 1.77. The summed E-state index contributed by atoms with van der Waals surface area (Å²) in [4.78, 5) is 19.0. The molecule has 2 aromatic carbocycles. The van der Waals surface area contributed by atoms with Crippen LogP contribution in [-0.2, 0) is 6.54 Å². The van der Waals surface area contributed by atoms with E-state index in [4.69, 9.17) is 4.74 Å². The normalized spacial score (nSPS) is 13.3. The van der Waals surface area contributed by atoms with Crippen LogP contribution in [0.5, 0.6) is 5.75 Å². The lowest BCUT2D eigenvalue weighted by Crippen LogP contribution is -2.36. The molecule has 0 saturated heterocycles. The number of rotatable bonds is 2. The zero-order valence-corrected chi connectivity index (χ0v) is 15.2. The smallest absolute Gasteiger partial charge is 0.322 e. The summed E-state index contributed by atoms with van der Waals surface area (Å²) >= 11 is 0. The Hall–Kier alpha value is -3.34. The number of ether oxygens (including phenoxy) is 1. The van der Waals surface area contributed by atoms with Crippen molar-refractivity contribution >= 4 is 11.7 Å². The van der Waals surface area contributed by atoms with Crippen LogP contribution in [0.15, 0.2) is 66.9 Å². The third kappa shape index (κ3) is 3.77. The standard InChI is InChI=1S/C22H21N3O2/c1-16-9-10-18(14-19(16)20-7-4-5-11-23-20)24-22(26)25-12-13-27-21-8-3-2-6-17(21)15-25/h2-11,14H,12-13,15H2,1H3,(H,24,26). The van der Waals surface area contributed by atoms with Crippen LogP contribution in [0.25, 0.3) is 11.3 Å². The lowest BCUT2D eigenvalue weighted by Gasteiger charge is -2.21. The first-order valence-electron chi connectivity index (χ1n) is 8.99. The molecule has 0 atom stereocenters. The van der Waals surface area contributed by atoms with Gasteiger partial charge in [0.25, 0.3) is 0 Å². The van der Waals surface area contributed by atoms with Crippen LogP contribution in [0.4, 0.5) is 10.5 Å². The van der Waals surface area contributed by atoms with Gasteiger partial charge in [0.1, 0.15) is 12.4 Å². The van der Waals surface area contributed by atoms with Crippen molar-refractivity contribution in [3.8, 4) is 17.0 Å². The minimum absolute atomic E-state index is 0.133. The minimum Gasteiger partial charge on any atom is -0.491 e. The predicted molar refractivity (Wildman–Crippen MR) is 106 cm³/mol. The molecule has 1 aromatic heterocycles. The Labute approximate surface area is 158 Å². The van der Waals surface area contributed by atoms with E-state index >= 15 is 0 Å². The summed E-state index contributed by atoms with van der Waals surface area (Å²) in [7, 11) is 0. The van der Waals surface area contributed by atoms with Crippen LogP contribution in [0.3, 0.4) is 0 Å². The van der Waals surface area contributed by atoms with Crippen LogP contribution in [0.1, 0.15) is 11.1 Å². The third-order valence-electron chi connectivity index (χ3n) is 4.67. The average Bonchev–Trinajstić information content (AvgIpc) is 2.93. The number of amides is 2. The first-order valence-corrected chi connectivity index (χ1v) is 8.99. The number of carbonyl (C=O) groups excluding carboxylic acids is 1. The number of benzene rings is 2. The Balaban J connectivity index is 1.53. The quantitative estimate of drug-likeness (QED) is 0.734. The topological polar surface area (TPSA) is 54.5 Å². The van der Waals surface area contributed by atoms with Crippen molar-refractivity contribution in [3.63, 3.8) is 0 Å². The van der Waals surface area contributed by atoms with Gasteiger partial charge in [-0.25, -0.2) is 4.79 Å². The number of nitrogens with zero attached hydrogens (tertiary/aromatic N) is 2. The van der Waals surface area contributed by atoms with E-state index in [0.29, 0.717) is 19.7 Å². The van der Waals surface area contributed by atoms with E-state index in [0.717, 1.165) is 33.8 Å². The Bertz CT molecular complexity index is 957. The molecule has 1 aliphatic rings. The SMILES string of the molecule is Cc1ccc(NC(=O)N2CCOc3ccccc3C2)cc1-c1ccccn1. The highest BCUT2D eigenvalue weighted by atomic mass is 16.5. The summed E-state index contributed by atoms with van der Waals surface area (Å²) < 4.78 is 5.74. The van der Waals surface area contributed by atoms with Crippen LogP contribution < -0.4 is 10.1 Å². The first kappa shape index (κ1) is 17.1. The van der Waals surface area contributed by atoms with Gasteiger partial charge in [-0.15, -0.1) is 0 Å². The third-order valence-corrected chi connectivity index (χ3v) is 4.67. The van der Waals surface area contributed by atoms with Crippen molar-refractivity contribution in [1.29, 1.82) is 0 Å². The zero-order valence-electron chi connectivity index (χ0n) is 15.2. The molecule has 0 radical (unpaired) electrons. The van der Waals surface area contributed by atoms with Gasteiger partial charge in [-0.3, -0.25) is 4.98 Å². The second kappa shape index (κ2) is 7.50. The van der Waals surface area contributed by atoms with Gasteiger partial charge in [0.05, 0.1) is 18.8 Å². The number of fused-ring (bicyclic) bond motifs is 1. The molecular formula is C22H21N3O2. The van der Waals surface area contributed by atoms with Gasteiger partial charge in [0.15, 0.2) is 0 Å². The van der Waals surface area contributed by atoms with Gasteiger partial charge >= 0.3 is 6.03 Å². The number of carbonyl (C=O) groups is 1. The fraction of sp³-hybridized carbons (Fsp3) is 0.182. The largest absolute Gasteiger partial charge is 0.491 e. The van der Waals surface area contributed by atoms with Gasteiger partial charge in [-0.1, -0.05) is 30.3 Å². The zero-order chi connectivity index (χ0) is 18.6. The molecule has 0 unspecified atom stereocenters. The average molecular weight is 359 g/mol. The highest BCUT2D eigenvalue weighted by molar-refractivity contribution is 5.90. The molecule has 136 valence electrons. The van der Waals surface area contributed by atoms with Gasteiger partial charge < -0.3 is 15.0 Å². The van der Waals surface area contributed by atoms with E-state index < -0.39 is 0 Å². The molecule has 0 bridgehead atoms. The van der Waals surface area contributed by atoms with Crippen LogP contribution in [0.2, 0.25) is 0 Å². The van der Waals surface area contributed by atoms with Gasteiger partial charge in [0.2, 0.25) is 0 Å². The van der Waals surface area contributed by atoms with Crippen molar-refractivity contribution < 1.29 is 9.53 Å². The van der Waals surface area contributed by atoms with Crippen LogP contribution in [0, 0.1) is 6.92 Å². The summed E-state index contributed by atoms with van der Waals surface area (Å²) in [6, 6.07) is 19.4. The summed E-state index contributed by atoms with van der Waals surface area (Å²) in [5, 5.41) is 3.01. The van der Waals surface area contributed by atoms with Gasteiger partial charge in [-0.2, -0.15) is 0 Å². The van der Waals surface area contributed by atoms with Gasteiger partial charge in [0, 0.05) is 23.0 Å². The first-order chi connectivity index (χ1) is 13.2. The fourth-order valence-corrected chi connectivity index (χ4v) is 3.20. The molecule has 2 heterocycles. The number of urea groups is 1. The maximum absolute atomic E-state index is 12.8. The van der Waals surface area contributed by atoms with Crippen LogP contribution in [-0.4, -0.2) is 29.1 Å².